The molecule has 3 aromatic carbocycles. The molecule has 4 rings (SSSR count). The Bertz CT molecular complexity index is 1190. The van der Waals surface area contributed by atoms with Crippen LogP contribution >= 0.6 is 11.6 Å². The average molecular weight is 499 g/mol. The molecule has 8 heteroatoms. The molecule has 1 aliphatic rings. The standard InChI is InChI=1S/C26H27ClN2O4S/c27-22-6-8-23(9-7-22)28-34(31,32)25-12-10-24(11-13-25)33-19-26(30)29-16-14-21(15-17-29)18-20-4-2-1-3-5-20/h1-13,21,28H,14-19H2. The van der Waals surface area contributed by atoms with E-state index in [2.05, 4.69) is 29.0 Å². The van der Waals surface area contributed by atoms with Crippen LogP contribution in [0.2, 0.25) is 5.02 Å². The van der Waals surface area contributed by atoms with E-state index in [1.165, 1.54) is 17.7 Å². The Kier molecular flexibility index (Phi) is 7.75. The number of halogens is 1. The Morgan fingerprint density at radius 1 is 0.941 bits per heavy atom. The Hall–Kier alpha value is -3.03. The normalized spacial score (nSPS) is 14.6. The lowest BCUT2D eigenvalue weighted by atomic mass is 9.90. The van der Waals surface area contributed by atoms with E-state index in [0.29, 0.717) is 22.4 Å². The maximum absolute atomic E-state index is 12.6. The third-order valence-corrected chi connectivity index (χ3v) is 7.58. The predicted molar refractivity (Wildman–Crippen MR) is 134 cm³/mol. The summed E-state index contributed by atoms with van der Waals surface area (Å²) in [6, 6.07) is 22.8. The Labute approximate surface area is 205 Å². The smallest absolute Gasteiger partial charge is 0.261 e. The first-order chi connectivity index (χ1) is 16.4. The number of sulfonamides is 1. The summed E-state index contributed by atoms with van der Waals surface area (Å²) in [7, 11) is -3.74. The molecule has 1 N–H and O–H groups in total. The third-order valence-electron chi connectivity index (χ3n) is 5.93. The van der Waals surface area contributed by atoms with Gasteiger partial charge in [0.25, 0.3) is 15.9 Å². The fourth-order valence-electron chi connectivity index (χ4n) is 4.02. The molecule has 0 radical (unpaired) electrons. The second kappa shape index (κ2) is 10.9. The van der Waals surface area contributed by atoms with Gasteiger partial charge < -0.3 is 9.64 Å². The topological polar surface area (TPSA) is 75.7 Å². The van der Waals surface area contributed by atoms with Crippen molar-refractivity contribution in [1.82, 2.24) is 4.90 Å². The van der Waals surface area contributed by atoms with Crippen molar-refractivity contribution in [2.24, 2.45) is 5.92 Å². The summed E-state index contributed by atoms with van der Waals surface area (Å²) in [5.41, 5.74) is 1.76. The third kappa shape index (κ3) is 6.52. The van der Waals surface area contributed by atoms with Crippen molar-refractivity contribution in [3.8, 4) is 5.75 Å². The highest BCUT2D eigenvalue weighted by molar-refractivity contribution is 7.92. The molecule has 0 aromatic heterocycles. The van der Waals surface area contributed by atoms with Crippen molar-refractivity contribution >= 4 is 33.2 Å². The lowest BCUT2D eigenvalue weighted by Crippen LogP contribution is -2.41. The number of nitrogens with one attached hydrogen (secondary N) is 1. The quantitative estimate of drug-likeness (QED) is 0.474. The largest absolute Gasteiger partial charge is 0.484 e. The first-order valence-electron chi connectivity index (χ1n) is 11.2. The number of carbonyl (C=O) groups excluding carboxylic acids is 1. The molecule has 0 atom stereocenters. The van der Waals surface area contributed by atoms with Gasteiger partial charge in [0.2, 0.25) is 0 Å². The maximum Gasteiger partial charge on any atom is 0.261 e. The summed E-state index contributed by atoms with van der Waals surface area (Å²) < 4.78 is 33.3. The van der Waals surface area contributed by atoms with E-state index in [9.17, 15) is 13.2 Å². The lowest BCUT2D eigenvalue weighted by Gasteiger charge is -2.32. The van der Waals surface area contributed by atoms with Gasteiger partial charge in [-0.2, -0.15) is 0 Å². The number of likely N-dealkylation sites (tertiary alicyclic amines) is 1. The Morgan fingerprint density at radius 2 is 1.59 bits per heavy atom. The van der Waals surface area contributed by atoms with Gasteiger partial charge in [-0.1, -0.05) is 41.9 Å². The molecular weight excluding hydrogens is 472 g/mol. The highest BCUT2D eigenvalue weighted by atomic mass is 35.5. The fraction of sp³-hybridized carbons (Fsp3) is 0.269. The number of rotatable bonds is 8. The van der Waals surface area contributed by atoms with Crippen molar-refractivity contribution in [2.75, 3.05) is 24.4 Å². The summed E-state index contributed by atoms with van der Waals surface area (Å²) in [6.45, 7) is 1.39. The molecule has 34 heavy (non-hydrogen) atoms. The van der Waals surface area contributed by atoms with Crippen LogP contribution in [-0.4, -0.2) is 38.9 Å². The Balaban J connectivity index is 1.24. The molecule has 0 aliphatic carbocycles. The Morgan fingerprint density at radius 3 is 2.24 bits per heavy atom. The number of hydrogen-bond acceptors (Lipinski definition) is 4. The van der Waals surface area contributed by atoms with Gasteiger partial charge in [-0.15, -0.1) is 0 Å². The second-order valence-corrected chi connectivity index (χ2v) is 10.5. The highest BCUT2D eigenvalue weighted by Gasteiger charge is 2.23. The van der Waals surface area contributed by atoms with Crippen LogP contribution in [0.15, 0.2) is 83.8 Å². The average Bonchev–Trinajstić information content (AvgIpc) is 2.85. The molecule has 178 valence electrons. The lowest BCUT2D eigenvalue weighted by molar-refractivity contribution is -0.134. The molecule has 1 heterocycles. The van der Waals surface area contributed by atoms with Gasteiger partial charge >= 0.3 is 0 Å². The number of carbonyl (C=O) groups is 1. The fourth-order valence-corrected chi connectivity index (χ4v) is 5.20. The van der Waals surface area contributed by atoms with Gasteiger partial charge in [0.15, 0.2) is 6.61 Å². The van der Waals surface area contributed by atoms with Crippen molar-refractivity contribution < 1.29 is 17.9 Å². The molecule has 0 bridgehead atoms. The van der Waals surface area contributed by atoms with Crippen molar-refractivity contribution in [3.05, 3.63) is 89.4 Å². The first kappa shape index (κ1) is 24.1. The molecule has 3 aromatic rings. The monoisotopic (exact) mass is 498 g/mol. The van der Waals surface area contributed by atoms with Crippen LogP contribution in [0, 0.1) is 5.92 Å². The van der Waals surface area contributed by atoms with Gasteiger partial charge in [0, 0.05) is 23.8 Å². The number of benzene rings is 3. The number of ether oxygens (including phenoxy) is 1. The predicted octanol–water partition coefficient (Wildman–Crippen LogP) is 5.00. The van der Waals surface area contributed by atoms with E-state index in [1.54, 1.807) is 36.4 Å². The maximum atomic E-state index is 12.6. The molecule has 1 saturated heterocycles. The zero-order valence-corrected chi connectivity index (χ0v) is 20.3. The van der Waals surface area contributed by atoms with Gasteiger partial charge in [-0.3, -0.25) is 9.52 Å². The van der Waals surface area contributed by atoms with E-state index < -0.39 is 10.0 Å². The minimum absolute atomic E-state index is 0.0562. The van der Waals surface area contributed by atoms with Crippen LogP contribution in [0.4, 0.5) is 5.69 Å². The second-order valence-electron chi connectivity index (χ2n) is 8.39. The van der Waals surface area contributed by atoms with E-state index >= 15 is 0 Å². The first-order valence-corrected chi connectivity index (χ1v) is 13.1. The van der Waals surface area contributed by atoms with Crippen LogP contribution in [0.1, 0.15) is 18.4 Å². The van der Waals surface area contributed by atoms with E-state index in [1.807, 2.05) is 11.0 Å². The van der Waals surface area contributed by atoms with E-state index in [4.69, 9.17) is 16.3 Å². The zero-order chi connectivity index (χ0) is 24.0. The van der Waals surface area contributed by atoms with Crippen LogP contribution in [-0.2, 0) is 21.2 Å². The molecular formula is C26H27ClN2O4S. The summed E-state index contributed by atoms with van der Waals surface area (Å²) >= 11 is 5.84. The van der Waals surface area contributed by atoms with Crippen molar-refractivity contribution in [3.63, 3.8) is 0 Å². The van der Waals surface area contributed by atoms with Gasteiger partial charge in [-0.05, 0) is 79.3 Å². The SMILES string of the molecule is O=C(COc1ccc(S(=O)(=O)Nc2ccc(Cl)cc2)cc1)N1CCC(Cc2ccccc2)CC1. The highest BCUT2D eigenvalue weighted by Crippen LogP contribution is 2.23. The van der Waals surface area contributed by atoms with Gasteiger partial charge in [0.05, 0.1) is 4.90 Å². The van der Waals surface area contributed by atoms with Crippen LogP contribution in [0.5, 0.6) is 5.75 Å². The summed E-state index contributed by atoms with van der Waals surface area (Å²) in [5, 5.41) is 0.524. The van der Waals surface area contributed by atoms with Crippen LogP contribution < -0.4 is 9.46 Å². The number of nitrogens with zero attached hydrogens (tertiary/aromatic N) is 1. The molecule has 1 aliphatic heterocycles. The van der Waals surface area contributed by atoms with E-state index in [-0.39, 0.29) is 17.4 Å². The molecule has 0 spiro atoms. The van der Waals surface area contributed by atoms with Crippen LogP contribution in [0.25, 0.3) is 0 Å². The van der Waals surface area contributed by atoms with Gasteiger partial charge in [-0.25, -0.2) is 8.42 Å². The molecule has 1 fully saturated rings. The van der Waals surface area contributed by atoms with Crippen molar-refractivity contribution in [2.45, 2.75) is 24.2 Å². The number of amides is 1. The molecule has 0 unspecified atom stereocenters. The summed E-state index contributed by atoms with van der Waals surface area (Å²) in [5.74, 6) is 0.973. The van der Waals surface area contributed by atoms with Crippen LogP contribution in [0.3, 0.4) is 0 Å². The molecule has 0 saturated carbocycles. The minimum Gasteiger partial charge on any atom is -0.484 e. The molecule has 1 amide bonds. The number of piperidine rings is 1. The van der Waals surface area contributed by atoms with Crippen molar-refractivity contribution in [1.29, 1.82) is 0 Å². The summed E-state index contributed by atoms with van der Waals surface area (Å²) in [4.78, 5) is 14.5. The molecule has 6 nitrogen and oxygen atoms in total. The number of anilines is 1. The van der Waals surface area contributed by atoms with E-state index in [0.717, 1.165) is 32.4 Å². The summed E-state index contributed by atoms with van der Waals surface area (Å²) in [6.07, 6.45) is 3.00. The zero-order valence-electron chi connectivity index (χ0n) is 18.7. The minimum atomic E-state index is -3.74. The van der Waals surface area contributed by atoms with Gasteiger partial charge in [0.1, 0.15) is 5.75 Å². The number of hydrogen-bond donors (Lipinski definition) is 1.